The summed E-state index contributed by atoms with van der Waals surface area (Å²) in [6.45, 7) is 4.16. The largest absolute Gasteiger partial charge is 0.417 e. The first kappa shape index (κ1) is 28.4. The Morgan fingerprint density at radius 3 is 2.17 bits per heavy atom. The lowest BCUT2D eigenvalue weighted by molar-refractivity contribution is -0.139. The fraction of sp³-hybridized carbons (Fsp3) is 0.391. The van der Waals surface area contributed by atoms with Gasteiger partial charge in [0.25, 0.3) is 0 Å². The molecule has 0 fully saturated rings. The molecule has 2 aromatic rings. The van der Waals surface area contributed by atoms with Gasteiger partial charge in [-0.1, -0.05) is 41.9 Å². The van der Waals surface area contributed by atoms with Crippen molar-refractivity contribution in [2.24, 2.45) is 0 Å². The van der Waals surface area contributed by atoms with Crippen LogP contribution in [-0.4, -0.2) is 50.0 Å². The number of carbonyl (C=O) groups excluding carboxylic acids is 2. The van der Waals surface area contributed by atoms with Crippen LogP contribution < -0.4 is 9.62 Å². The van der Waals surface area contributed by atoms with E-state index in [0.29, 0.717) is 15.9 Å². The molecular weight excluding hydrogens is 507 g/mol. The van der Waals surface area contributed by atoms with Gasteiger partial charge in [-0.15, -0.1) is 0 Å². The van der Waals surface area contributed by atoms with Crippen LogP contribution in [0.2, 0.25) is 5.02 Å². The van der Waals surface area contributed by atoms with Gasteiger partial charge >= 0.3 is 6.18 Å². The molecule has 2 rings (SSSR count). The van der Waals surface area contributed by atoms with Crippen molar-refractivity contribution in [3.63, 3.8) is 0 Å². The van der Waals surface area contributed by atoms with Gasteiger partial charge in [0.15, 0.2) is 0 Å². The van der Waals surface area contributed by atoms with E-state index in [1.807, 2.05) is 0 Å². The molecule has 0 aliphatic heterocycles. The molecule has 0 aliphatic carbocycles. The number of carbonyl (C=O) groups is 2. The quantitative estimate of drug-likeness (QED) is 0.526. The average Bonchev–Trinajstić information content (AvgIpc) is 2.74. The fourth-order valence-electron chi connectivity index (χ4n) is 3.27. The van der Waals surface area contributed by atoms with Gasteiger partial charge in [-0.25, -0.2) is 8.42 Å². The van der Waals surface area contributed by atoms with Crippen molar-refractivity contribution in [1.82, 2.24) is 10.2 Å². The van der Waals surface area contributed by atoms with E-state index >= 15 is 0 Å². The van der Waals surface area contributed by atoms with Crippen molar-refractivity contribution in [1.29, 1.82) is 0 Å². The first-order valence-corrected chi connectivity index (χ1v) is 12.8. The molecule has 0 bridgehead atoms. The fourth-order valence-corrected chi connectivity index (χ4v) is 4.33. The number of amides is 2. The van der Waals surface area contributed by atoms with Crippen LogP contribution in [0.15, 0.2) is 48.5 Å². The lowest BCUT2D eigenvalue weighted by Crippen LogP contribution is -2.52. The number of benzene rings is 2. The minimum absolute atomic E-state index is 0.0155. The summed E-state index contributed by atoms with van der Waals surface area (Å²) in [5.74, 6) is -1.23. The zero-order valence-electron chi connectivity index (χ0n) is 19.6. The molecule has 192 valence electrons. The highest BCUT2D eigenvalue weighted by Gasteiger charge is 2.35. The van der Waals surface area contributed by atoms with Gasteiger partial charge in [0.2, 0.25) is 21.8 Å². The van der Waals surface area contributed by atoms with Crippen LogP contribution in [0.4, 0.5) is 18.9 Å². The van der Waals surface area contributed by atoms with Gasteiger partial charge in [-0.2, -0.15) is 13.2 Å². The summed E-state index contributed by atoms with van der Waals surface area (Å²) in [5, 5.41) is 2.10. The number of alkyl halides is 3. The van der Waals surface area contributed by atoms with Crippen molar-refractivity contribution < 1.29 is 31.2 Å². The summed E-state index contributed by atoms with van der Waals surface area (Å²) in [4.78, 5) is 27.2. The first-order chi connectivity index (χ1) is 16.1. The predicted molar refractivity (Wildman–Crippen MR) is 128 cm³/mol. The molecule has 0 saturated heterocycles. The minimum atomic E-state index is -4.83. The summed E-state index contributed by atoms with van der Waals surface area (Å²) in [6.07, 6.45) is -4.05. The van der Waals surface area contributed by atoms with Crippen LogP contribution in [0, 0.1) is 0 Å². The Labute approximate surface area is 207 Å². The monoisotopic (exact) mass is 533 g/mol. The predicted octanol–water partition coefficient (Wildman–Crippen LogP) is 4.07. The Bertz CT molecular complexity index is 1160. The first-order valence-electron chi connectivity index (χ1n) is 10.6. The zero-order valence-corrected chi connectivity index (χ0v) is 21.2. The van der Waals surface area contributed by atoms with E-state index in [2.05, 4.69) is 5.32 Å². The maximum atomic E-state index is 13.3. The SMILES string of the molecule is CC(C)NC(=O)C(C)N(Cc1ccccc1)C(=O)CN(c1ccc(Cl)c(C(F)(F)F)c1)S(C)(=O)=O. The molecule has 2 aromatic carbocycles. The van der Waals surface area contributed by atoms with Crippen molar-refractivity contribution in [3.05, 3.63) is 64.7 Å². The maximum Gasteiger partial charge on any atom is 0.417 e. The lowest BCUT2D eigenvalue weighted by atomic mass is 10.1. The molecule has 35 heavy (non-hydrogen) atoms. The van der Waals surface area contributed by atoms with E-state index in [9.17, 15) is 31.2 Å². The van der Waals surface area contributed by atoms with Gasteiger partial charge in [0, 0.05) is 12.6 Å². The molecule has 0 saturated carbocycles. The van der Waals surface area contributed by atoms with Crippen LogP contribution >= 0.6 is 11.6 Å². The Balaban J connectivity index is 2.46. The van der Waals surface area contributed by atoms with Crippen LogP contribution in [0.1, 0.15) is 31.9 Å². The summed E-state index contributed by atoms with van der Waals surface area (Å²) >= 11 is 5.66. The van der Waals surface area contributed by atoms with Gasteiger partial charge in [-0.3, -0.25) is 13.9 Å². The van der Waals surface area contributed by atoms with Crippen molar-refractivity contribution in [2.45, 2.75) is 45.6 Å². The second-order valence-corrected chi connectivity index (χ2v) is 10.6. The molecule has 1 N–H and O–H groups in total. The van der Waals surface area contributed by atoms with E-state index in [1.54, 1.807) is 44.2 Å². The van der Waals surface area contributed by atoms with Crippen molar-refractivity contribution >= 4 is 39.1 Å². The molecule has 1 atom stereocenters. The van der Waals surface area contributed by atoms with Crippen molar-refractivity contribution in [3.8, 4) is 0 Å². The second-order valence-electron chi connectivity index (χ2n) is 8.28. The minimum Gasteiger partial charge on any atom is -0.352 e. The Morgan fingerprint density at radius 1 is 1.06 bits per heavy atom. The highest BCUT2D eigenvalue weighted by molar-refractivity contribution is 7.92. The molecule has 0 spiro atoms. The number of sulfonamides is 1. The summed E-state index contributed by atoms with van der Waals surface area (Å²) in [6, 6.07) is 10.1. The Morgan fingerprint density at radius 2 is 1.66 bits per heavy atom. The number of hydrogen-bond acceptors (Lipinski definition) is 4. The number of halogens is 4. The van der Waals surface area contributed by atoms with Gasteiger partial charge < -0.3 is 10.2 Å². The van der Waals surface area contributed by atoms with E-state index < -0.39 is 51.2 Å². The summed E-state index contributed by atoms with van der Waals surface area (Å²) in [5.41, 5.74) is -0.929. The van der Waals surface area contributed by atoms with Crippen LogP contribution in [0.3, 0.4) is 0 Å². The number of hydrogen-bond donors (Lipinski definition) is 1. The normalized spacial score (nSPS) is 12.8. The van der Waals surface area contributed by atoms with E-state index in [-0.39, 0.29) is 18.3 Å². The molecule has 0 aliphatic rings. The smallest absolute Gasteiger partial charge is 0.352 e. The average molecular weight is 534 g/mol. The standard InChI is InChI=1S/C23H27ClF3N3O4S/c1-15(2)28-22(32)16(3)29(13-17-8-6-5-7-9-17)21(31)14-30(35(4,33)34)18-10-11-20(24)19(12-18)23(25,26)27/h5-12,15-16H,13-14H2,1-4H3,(H,28,32). The highest BCUT2D eigenvalue weighted by atomic mass is 35.5. The number of nitrogens with zero attached hydrogens (tertiary/aromatic N) is 2. The van der Waals surface area contributed by atoms with E-state index in [1.165, 1.54) is 11.8 Å². The van der Waals surface area contributed by atoms with Gasteiger partial charge in [-0.05, 0) is 44.5 Å². The Hall–Kier alpha value is -2.79. The summed E-state index contributed by atoms with van der Waals surface area (Å²) < 4.78 is 65.6. The Kier molecular flexibility index (Phi) is 9.18. The van der Waals surface area contributed by atoms with E-state index in [0.717, 1.165) is 18.4 Å². The third-order valence-corrected chi connectivity index (χ3v) is 6.49. The summed E-state index contributed by atoms with van der Waals surface area (Å²) in [7, 11) is -4.18. The third-order valence-electron chi connectivity index (χ3n) is 5.02. The molecule has 0 heterocycles. The number of anilines is 1. The van der Waals surface area contributed by atoms with Crippen LogP contribution in [-0.2, 0) is 32.3 Å². The lowest BCUT2D eigenvalue weighted by Gasteiger charge is -2.32. The van der Waals surface area contributed by atoms with Crippen LogP contribution in [0.5, 0.6) is 0 Å². The molecule has 12 heteroatoms. The van der Waals surface area contributed by atoms with Crippen LogP contribution in [0.25, 0.3) is 0 Å². The molecule has 1 unspecified atom stereocenters. The third kappa shape index (κ3) is 7.86. The van der Waals surface area contributed by atoms with Crippen molar-refractivity contribution in [2.75, 3.05) is 17.1 Å². The van der Waals surface area contributed by atoms with Gasteiger partial charge in [0.05, 0.1) is 22.5 Å². The molecule has 0 aromatic heterocycles. The number of nitrogens with one attached hydrogen (secondary N) is 1. The molecule has 2 amide bonds. The zero-order chi connectivity index (χ0) is 26.6. The molecule has 0 radical (unpaired) electrons. The number of rotatable bonds is 9. The second kappa shape index (κ2) is 11.3. The molecule has 7 nitrogen and oxygen atoms in total. The topological polar surface area (TPSA) is 86.8 Å². The van der Waals surface area contributed by atoms with Gasteiger partial charge in [0.1, 0.15) is 12.6 Å². The maximum absolute atomic E-state index is 13.3. The highest BCUT2D eigenvalue weighted by Crippen LogP contribution is 2.37. The van der Waals surface area contributed by atoms with E-state index in [4.69, 9.17) is 11.6 Å². The molecular formula is C23H27ClF3N3O4S.